The molecule has 0 fully saturated rings. The summed E-state index contributed by atoms with van der Waals surface area (Å²) in [5, 5.41) is 6.63. The van der Waals surface area contributed by atoms with Crippen LogP contribution < -0.4 is 10.1 Å². The van der Waals surface area contributed by atoms with Crippen molar-refractivity contribution in [1.29, 1.82) is 0 Å². The van der Waals surface area contributed by atoms with Crippen molar-refractivity contribution in [1.82, 2.24) is 20.0 Å². The van der Waals surface area contributed by atoms with Gasteiger partial charge in [0.25, 0.3) is 0 Å². The third-order valence-electron chi connectivity index (χ3n) is 3.61. The Labute approximate surface area is 144 Å². The van der Waals surface area contributed by atoms with Crippen LogP contribution in [0.4, 0.5) is 0 Å². The number of ether oxygens (including phenoxy) is 1. The van der Waals surface area contributed by atoms with Gasteiger partial charge in [-0.1, -0.05) is 23.4 Å². The number of benzene rings is 1. The van der Waals surface area contributed by atoms with Gasteiger partial charge in [0.15, 0.2) is 0 Å². The van der Waals surface area contributed by atoms with E-state index in [0.717, 1.165) is 11.3 Å². The third kappa shape index (κ3) is 3.95. The first-order valence-electron chi connectivity index (χ1n) is 7.70. The molecule has 0 saturated carbocycles. The van der Waals surface area contributed by atoms with Gasteiger partial charge in [-0.3, -0.25) is 4.79 Å². The second-order valence-electron chi connectivity index (χ2n) is 5.31. The average Bonchev–Trinajstić information content (AvgIpc) is 3.26. The van der Waals surface area contributed by atoms with Crippen molar-refractivity contribution in [2.24, 2.45) is 7.05 Å². The minimum atomic E-state index is -0.260. The molecule has 3 rings (SSSR count). The van der Waals surface area contributed by atoms with E-state index in [1.165, 1.54) is 6.08 Å². The predicted octanol–water partition coefficient (Wildman–Crippen LogP) is 2.41. The standard InChI is InChI=1S/C18H18N4O3/c1-22-11-5-7-14(22)18-20-17(25-21-18)12-19-16(23)10-9-13-6-3-4-8-15(13)24-2/h3-11H,12H2,1-2H3,(H,19,23)/b10-9+. The van der Waals surface area contributed by atoms with Crippen molar-refractivity contribution in [3.05, 3.63) is 60.1 Å². The largest absolute Gasteiger partial charge is 0.496 e. The zero-order chi connectivity index (χ0) is 17.6. The lowest BCUT2D eigenvalue weighted by Crippen LogP contribution is -2.20. The van der Waals surface area contributed by atoms with Crippen molar-refractivity contribution in [2.75, 3.05) is 7.11 Å². The number of aryl methyl sites for hydroxylation is 1. The molecule has 1 aromatic carbocycles. The second-order valence-corrected chi connectivity index (χ2v) is 5.31. The van der Waals surface area contributed by atoms with E-state index in [9.17, 15) is 4.79 Å². The molecule has 2 aromatic heterocycles. The summed E-state index contributed by atoms with van der Waals surface area (Å²) in [6, 6.07) is 11.2. The van der Waals surface area contributed by atoms with E-state index in [1.807, 2.05) is 54.2 Å². The molecule has 3 aromatic rings. The van der Waals surface area contributed by atoms with Crippen LogP contribution in [0.25, 0.3) is 17.6 Å². The van der Waals surface area contributed by atoms with Gasteiger partial charge in [-0.25, -0.2) is 0 Å². The molecule has 7 heteroatoms. The zero-order valence-corrected chi connectivity index (χ0v) is 14.0. The fraction of sp³-hybridized carbons (Fsp3) is 0.167. The summed E-state index contributed by atoms with van der Waals surface area (Å²) in [6.45, 7) is 0.159. The van der Waals surface area contributed by atoms with Crippen LogP contribution in [0.2, 0.25) is 0 Å². The first-order valence-corrected chi connectivity index (χ1v) is 7.70. The average molecular weight is 338 g/mol. The minimum absolute atomic E-state index is 0.159. The summed E-state index contributed by atoms with van der Waals surface area (Å²) in [5.41, 5.74) is 1.67. The molecule has 0 spiro atoms. The van der Waals surface area contributed by atoms with Gasteiger partial charge in [0.05, 0.1) is 19.3 Å². The van der Waals surface area contributed by atoms with Gasteiger partial charge in [0.1, 0.15) is 5.75 Å². The van der Waals surface area contributed by atoms with Crippen LogP contribution in [0.5, 0.6) is 5.75 Å². The van der Waals surface area contributed by atoms with Crippen molar-refractivity contribution < 1.29 is 14.1 Å². The second kappa shape index (κ2) is 7.48. The van der Waals surface area contributed by atoms with E-state index < -0.39 is 0 Å². The van der Waals surface area contributed by atoms with E-state index in [2.05, 4.69) is 15.5 Å². The van der Waals surface area contributed by atoms with Gasteiger partial charge < -0.3 is 19.1 Å². The highest BCUT2D eigenvalue weighted by Gasteiger charge is 2.11. The maximum atomic E-state index is 11.9. The molecule has 0 aliphatic heterocycles. The molecule has 128 valence electrons. The number of aromatic nitrogens is 3. The van der Waals surface area contributed by atoms with Crippen molar-refractivity contribution in [3.8, 4) is 17.3 Å². The van der Waals surface area contributed by atoms with Crippen LogP contribution in [0, 0.1) is 0 Å². The molecule has 0 unspecified atom stereocenters. The maximum Gasteiger partial charge on any atom is 0.246 e. The SMILES string of the molecule is COc1ccccc1/C=C/C(=O)NCc1nc(-c2cccn2C)no1. The number of carbonyl (C=O) groups is 1. The van der Waals surface area contributed by atoms with Gasteiger partial charge in [-0.15, -0.1) is 0 Å². The van der Waals surface area contributed by atoms with Gasteiger partial charge >= 0.3 is 0 Å². The molecule has 0 aliphatic carbocycles. The Hall–Kier alpha value is -3.35. The van der Waals surface area contributed by atoms with Crippen LogP contribution in [0.3, 0.4) is 0 Å². The Morgan fingerprint density at radius 3 is 2.92 bits per heavy atom. The number of methoxy groups -OCH3 is 1. The van der Waals surface area contributed by atoms with Crippen molar-refractivity contribution >= 4 is 12.0 Å². The molecule has 1 amide bonds. The quantitative estimate of drug-likeness (QED) is 0.698. The van der Waals surface area contributed by atoms with Crippen LogP contribution in [-0.4, -0.2) is 27.7 Å². The Morgan fingerprint density at radius 1 is 1.32 bits per heavy atom. The molecule has 0 saturated heterocycles. The summed E-state index contributed by atoms with van der Waals surface area (Å²) in [4.78, 5) is 16.2. The van der Waals surface area contributed by atoms with E-state index in [4.69, 9.17) is 9.26 Å². The Bertz CT molecular complexity index is 895. The summed E-state index contributed by atoms with van der Waals surface area (Å²) in [7, 11) is 3.49. The van der Waals surface area contributed by atoms with Crippen molar-refractivity contribution in [2.45, 2.75) is 6.54 Å². The first kappa shape index (κ1) is 16.5. The van der Waals surface area contributed by atoms with Gasteiger partial charge in [0, 0.05) is 24.9 Å². The molecule has 0 radical (unpaired) electrons. The lowest BCUT2D eigenvalue weighted by molar-refractivity contribution is -0.116. The number of nitrogens with one attached hydrogen (secondary N) is 1. The first-order chi connectivity index (χ1) is 12.2. The monoisotopic (exact) mass is 338 g/mol. The predicted molar refractivity (Wildman–Crippen MR) is 92.6 cm³/mol. The number of hydrogen-bond donors (Lipinski definition) is 1. The number of carbonyl (C=O) groups excluding carboxylic acids is 1. The lowest BCUT2D eigenvalue weighted by Gasteiger charge is -2.03. The van der Waals surface area contributed by atoms with E-state index in [-0.39, 0.29) is 12.5 Å². The fourth-order valence-corrected chi connectivity index (χ4v) is 2.32. The van der Waals surface area contributed by atoms with Crippen LogP contribution in [0.15, 0.2) is 53.2 Å². The van der Waals surface area contributed by atoms with Gasteiger partial charge in [-0.2, -0.15) is 4.98 Å². The molecule has 2 heterocycles. The molecular formula is C18H18N4O3. The van der Waals surface area contributed by atoms with E-state index in [1.54, 1.807) is 13.2 Å². The molecule has 0 aliphatic rings. The summed E-state index contributed by atoms with van der Waals surface area (Å²) in [6.07, 6.45) is 5.03. The number of rotatable bonds is 6. The Balaban J connectivity index is 1.59. The van der Waals surface area contributed by atoms with E-state index in [0.29, 0.717) is 17.5 Å². The van der Waals surface area contributed by atoms with Crippen molar-refractivity contribution in [3.63, 3.8) is 0 Å². The number of hydrogen-bond acceptors (Lipinski definition) is 5. The topological polar surface area (TPSA) is 82.2 Å². The van der Waals surface area contributed by atoms with Gasteiger partial charge in [0.2, 0.25) is 17.6 Å². The third-order valence-corrected chi connectivity index (χ3v) is 3.61. The maximum absolute atomic E-state index is 11.9. The minimum Gasteiger partial charge on any atom is -0.496 e. The summed E-state index contributed by atoms with van der Waals surface area (Å²) >= 11 is 0. The van der Waals surface area contributed by atoms with Crippen LogP contribution >= 0.6 is 0 Å². The summed E-state index contributed by atoms with van der Waals surface area (Å²) < 4.78 is 12.3. The normalized spacial score (nSPS) is 11.0. The van der Waals surface area contributed by atoms with Crippen LogP contribution in [0.1, 0.15) is 11.5 Å². The molecule has 0 atom stereocenters. The highest BCUT2D eigenvalue weighted by atomic mass is 16.5. The van der Waals surface area contributed by atoms with E-state index >= 15 is 0 Å². The number of amides is 1. The molecule has 7 nitrogen and oxygen atoms in total. The Morgan fingerprint density at radius 2 is 2.16 bits per heavy atom. The molecular weight excluding hydrogens is 320 g/mol. The summed E-state index contributed by atoms with van der Waals surface area (Å²) in [5.74, 6) is 1.27. The smallest absolute Gasteiger partial charge is 0.246 e. The lowest BCUT2D eigenvalue weighted by atomic mass is 10.2. The molecule has 25 heavy (non-hydrogen) atoms. The molecule has 1 N–H and O–H groups in total. The van der Waals surface area contributed by atoms with Gasteiger partial charge in [-0.05, 0) is 24.3 Å². The highest BCUT2D eigenvalue weighted by Crippen LogP contribution is 2.18. The zero-order valence-electron chi connectivity index (χ0n) is 14.0. The fourth-order valence-electron chi connectivity index (χ4n) is 2.32. The Kier molecular flexibility index (Phi) is 4.94. The molecule has 0 bridgehead atoms. The number of para-hydroxylation sites is 1. The van der Waals surface area contributed by atoms with Crippen LogP contribution in [-0.2, 0) is 18.4 Å². The highest BCUT2D eigenvalue weighted by molar-refractivity contribution is 5.92. The number of nitrogens with zero attached hydrogens (tertiary/aromatic N) is 3.